The van der Waals surface area contributed by atoms with Gasteiger partial charge in [0.05, 0.1) is 23.1 Å². The fourth-order valence-corrected chi connectivity index (χ4v) is 5.10. The standard InChI is InChI=1S/C15H19Br3O3/c1-3-8(16)10-5-6-15(20-10)14(18)13-12(21-15)7-11(19-13)9(17)4-2/h2,8-14H,3,5-7H2,1H3/t8-,9+,10-,11+,12+,13-,14+,15-/m0/s1. The minimum absolute atomic E-state index is 0.0116. The molecule has 0 aromatic heterocycles. The highest BCUT2D eigenvalue weighted by atomic mass is 79.9. The highest BCUT2D eigenvalue weighted by Crippen LogP contribution is 2.51. The molecule has 3 saturated heterocycles. The monoisotopic (exact) mass is 484 g/mol. The third-order valence-corrected chi connectivity index (χ3v) is 7.94. The summed E-state index contributed by atoms with van der Waals surface area (Å²) in [5.74, 6) is 2.15. The first-order valence-electron chi connectivity index (χ1n) is 7.40. The van der Waals surface area contributed by atoms with Crippen LogP contribution < -0.4 is 0 Å². The maximum absolute atomic E-state index is 6.29. The zero-order chi connectivity index (χ0) is 15.2. The highest BCUT2D eigenvalue weighted by molar-refractivity contribution is 9.10. The minimum Gasteiger partial charge on any atom is -0.369 e. The first kappa shape index (κ1) is 16.7. The Bertz CT molecular complexity index is 440. The molecule has 0 aromatic rings. The summed E-state index contributed by atoms with van der Waals surface area (Å²) in [6.07, 6.45) is 9.53. The van der Waals surface area contributed by atoms with Crippen molar-refractivity contribution in [1.29, 1.82) is 0 Å². The van der Waals surface area contributed by atoms with Gasteiger partial charge in [0.2, 0.25) is 0 Å². The number of hydrogen-bond donors (Lipinski definition) is 0. The molecule has 0 radical (unpaired) electrons. The predicted molar refractivity (Wildman–Crippen MR) is 92.3 cm³/mol. The van der Waals surface area contributed by atoms with Crippen LogP contribution in [0.1, 0.15) is 32.6 Å². The molecular weight excluding hydrogens is 468 g/mol. The highest BCUT2D eigenvalue weighted by Gasteiger charge is 2.62. The van der Waals surface area contributed by atoms with E-state index in [1.165, 1.54) is 0 Å². The number of fused-ring (bicyclic) bond motifs is 1. The van der Waals surface area contributed by atoms with E-state index in [4.69, 9.17) is 20.6 Å². The Morgan fingerprint density at radius 3 is 2.71 bits per heavy atom. The van der Waals surface area contributed by atoms with Crippen molar-refractivity contribution in [2.24, 2.45) is 0 Å². The van der Waals surface area contributed by atoms with Crippen molar-refractivity contribution < 1.29 is 14.2 Å². The van der Waals surface area contributed by atoms with Gasteiger partial charge in [0.15, 0.2) is 5.79 Å². The molecule has 3 nitrogen and oxygen atoms in total. The molecule has 8 atom stereocenters. The van der Waals surface area contributed by atoms with Crippen LogP contribution >= 0.6 is 47.8 Å². The lowest BCUT2D eigenvalue weighted by Gasteiger charge is -2.30. The van der Waals surface area contributed by atoms with Crippen molar-refractivity contribution in [2.45, 2.75) is 77.3 Å². The van der Waals surface area contributed by atoms with Crippen LogP contribution in [-0.4, -0.2) is 44.7 Å². The average molecular weight is 487 g/mol. The molecule has 0 N–H and O–H groups in total. The van der Waals surface area contributed by atoms with Crippen molar-refractivity contribution in [3.8, 4) is 12.3 Å². The second kappa shape index (κ2) is 6.41. The van der Waals surface area contributed by atoms with E-state index in [9.17, 15) is 0 Å². The van der Waals surface area contributed by atoms with E-state index in [-0.39, 0.29) is 34.1 Å². The summed E-state index contributed by atoms with van der Waals surface area (Å²) in [6, 6.07) is 0. The van der Waals surface area contributed by atoms with Gasteiger partial charge in [-0.25, -0.2) is 0 Å². The van der Waals surface area contributed by atoms with Gasteiger partial charge in [-0.1, -0.05) is 60.6 Å². The summed E-state index contributed by atoms with van der Waals surface area (Å²) >= 11 is 10.9. The van der Waals surface area contributed by atoms with Gasteiger partial charge in [-0.3, -0.25) is 0 Å². The van der Waals surface area contributed by atoms with Crippen LogP contribution in [0.5, 0.6) is 0 Å². The van der Waals surface area contributed by atoms with Crippen LogP contribution in [0.2, 0.25) is 0 Å². The van der Waals surface area contributed by atoms with Gasteiger partial charge in [0.1, 0.15) is 10.9 Å². The van der Waals surface area contributed by atoms with Gasteiger partial charge in [0.25, 0.3) is 0 Å². The second-order valence-corrected chi connectivity index (χ2v) is 9.08. The van der Waals surface area contributed by atoms with Crippen LogP contribution in [0.15, 0.2) is 0 Å². The van der Waals surface area contributed by atoms with Gasteiger partial charge in [0, 0.05) is 17.7 Å². The molecule has 0 amide bonds. The van der Waals surface area contributed by atoms with Crippen LogP contribution in [0, 0.1) is 12.3 Å². The number of alkyl halides is 3. The van der Waals surface area contributed by atoms with Crippen molar-refractivity contribution in [3.63, 3.8) is 0 Å². The van der Waals surface area contributed by atoms with E-state index in [2.05, 4.69) is 60.6 Å². The molecule has 0 unspecified atom stereocenters. The lowest BCUT2D eigenvalue weighted by molar-refractivity contribution is -0.213. The Labute approximate surface area is 151 Å². The molecule has 3 heterocycles. The summed E-state index contributed by atoms with van der Waals surface area (Å²) in [4.78, 5) is 0.369. The quantitative estimate of drug-likeness (QED) is 0.449. The summed E-state index contributed by atoms with van der Waals surface area (Å²) < 4.78 is 18.7. The Morgan fingerprint density at radius 2 is 2.10 bits per heavy atom. The number of halogens is 3. The molecule has 21 heavy (non-hydrogen) atoms. The first-order valence-corrected chi connectivity index (χ1v) is 10.1. The number of rotatable bonds is 3. The van der Waals surface area contributed by atoms with Gasteiger partial charge in [-0.05, 0) is 12.8 Å². The van der Waals surface area contributed by atoms with Crippen LogP contribution in [0.4, 0.5) is 0 Å². The Balaban J connectivity index is 1.67. The third kappa shape index (κ3) is 2.88. The lowest BCUT2D eigenvalue weighted by atomic mass is 10.0. The molecule has 0 aliphatic carbocycles. The molecule has 0 bridgehead atoms. The first-order chi connectivity index (χ1) is 10.0. The zero-order valence-corrected chi connectivity index (χ0v) is 16.6. The SMILES string of the molecule is C#C[C@@H](Br)[C@H]1C[C@H]2O[C@@]3(CC[C@@H]([C@@H](Br)CC)O3)[C@H](Br)[C@H]2O1. The Morgan fingerprint density at radius 1 is 1.33 bits per heavy atom. The largest absolute Gasteiger partial charge is 0.369 e. The fourth-order valence-electron chi connectivity index (χ4n) is 3.47. The number of ether oxygens (including phenoxy) is 3. The molecule has 3 fully saturated rings. The number of hydrogen-bond acceptors (Lipinski definition) is 3. The van der Waals surface area contributed by atoms with Gasteiger partial charge in [-0.15, -0.1) is 6.42 Å². The normalized spacial score (nSPS) is 48.2. The minimum atomic E-state index is -0.538. The molecule has 3 aliphatic heterocycles. The van der Waals surface area contributed by atoms with Crippen molar-refractivity contribution >= 4 is 47.8 Å². The van der Waals surface area contributed by atoms with Gasteiger partial charge in [-0.2, -0.15) is 0 Å². The third-order valence-electron chi connectivity index (χ3n) is 4.63. The summed E-state index contributed by atoms with van der Waals surface area (Å²) in [5.41, 5.74) is 0. The molecule has 3 rings (SSSR count). The van der Waals surface area contributed by atoms with Gasteiger partial charge < -0.3 is 14.2 Å². The summed E-state index contributed by atoms with van der Waals surface area (Å²) in [7, 11) is 0. The van der Waals surface area contributed by atoms with Gasteiger partial charge >= 0.3 is 0 Å². The fraction of sp³-hybridized carbons (Fsp3) is 0.867. The topological polar surface area (TPSA) is 27.7 Å². The number of terminal acetylenes is 1. The van der Waals surface area contributed by atoms with E-state index >= 15 is 0 Å². The van der Waals surface area contributed by atoms with Crippen LogP contribution in [-0.2, 0) is 14.2 Å². The molecule has 1 spiro atoms. The maximum atomic E-state index is 6.29. The van der Waals surface area contributed by atoms with E-state index in [1.807, 2.05) is 0 Å². The second-order valence-electron chi connectivity index (χ2n) is 5.93. The predicted octanol–water partition coefficient (Wildman–Crippen LogP) is 3.75. The smallest absolute Gasteiger partial charge is 0.184 e. The van der Waals surface area contributed by atoms with Crippen molar-refractivity contribution in [3.05, 3.63) is 0 Å². The average Bonchev–Trinajstić information content (AvgIpc) is 3.15. The Hall–Kier alpha value is 0.880. The molecule has 6 heteroatoms. The molecular formula is C15H19Br3O3. The van der Waals surface area contributed by atoms with Crippen molar-refractivity contribution in [2.75, 3.05) is 0 Å². The summed E-state index contributed by atoms with van der Waals surface area (Å²) in [5, 5.41) is 0. The maximum Gasteiger partial charge on any atom is 0.184 e. The van der Waals surface area contributed by atoms with E-state index in [1.54, 1.807) is 0 Å². The molecule has 0 saturated carbocycles. The van der Waals surface area contributed by atoms with Crippen molar-refractivity contribution in [1.82, 2.24) is 0 Å². The Kier molecular flexibility index (Phi) is 5.11. The molecule has 3 aliphatic rings. The lowest BCUT2D eigenvalue weighted by Crippen LogP contribution is -2.41. The van der Waals surface area contributed by atoms with E-state index in [0.29, 0.717) is 4.83 Å². The van der Waals surface area contributed by atoms with E-state index in [0.717, 1.165) is 25.7 Å². The van der Waals surface area contributed by atoms with E-state index < -0.39 is 5.79 Å². The zero-order valence-electron chi connectivity index (χ0n) is 11.8. The summed E-state index contributed by atoms with van der Waals surface area (Å²) in [6.45, 7) is 2.16. The van der Waals surface area contributed by atoms with Crippen LogP contribution in [0.3, 0.4) is 0 Å². The molecule has 118 valence electrons. The molecule has 0 aromatic carbocycles. The van der Waals surface area contributed by atoms with Crippen LogP contribution in [0.25, 0.3) is 0 Å².